The fraction of sp³-hybridized carbons (Fsp3) is 0.500. The molecule has 0 aromatic heterocycles. The Kier molecular flexibility index (Phi) is 6.19. The second-order valence-corrected chi connectivity index (χ2v) is 7.95. The first kappa shape index (κ1) is 20.6. The summed E-state index contributed by atoms with van der Waals surface area (Å²) in [7, 11) is -9.76. The lowest BCUT2D eigenvalue weighted by Gasteiger charge is -2.23. The highest BCUT2D eigenvalue weighted by atomic mass is 32.3. The summed E-state index contributed by atoms with van der Waals surface area (Å²) in [5.41, 5.74) is -0.288. The highest BCUT2D eigenvalue weighted by Gasteiger charge is 2.19. The van der Waals surface area contributed by atoms with Gasteiger partial charge in [-0.25, -0.2) is 0 Å². The van der Waals surface area contributed by atoms with Gasteiger partial charge in [-0.05, 0) is 38.5 Å². The summed E-state index contributed by atoms with van der Waals surface area (Å²) in [5, 5.41) is 13.1. The van der Waals surface area contributed by atoms with Crippen molar-refractivity contribution in [2.45, 2.75) is 32.4 Å². The Bertz CT molecular complexity index is 729. The van der Waals surface area contributed by atoms with E-state index in [-0.39, 0.29) is 17.6 Å². The fourth-order valence-corrected chi connectivity index (χ4v) is 2.33. The van der Waals surface area contributed by atoms with Crippen molar-refractivity contribution < 1.29 is 39.4 Å². The van der Waals surface area contributed by atoms with Gasteiger partial charge in [-0.1, -0.05) is 0 Å². The molecule has 1 aromatic rings. The van der Waals surface area contributed by atoms with Crippen molar-refractivity contribution in [2.24, 2.45) is 0 Å². The monoisotopic (exact) mass is 385 g/mol. The summed E-state index contributed by atoms with van der Waals surface area (Å²) in [5.74, 6) is -1.02. The van der Waals surface area contributed by atoms with E-state index in [0.29, 0.717) is 0 Å². The van der Waals surface area contributed by atoms with E-state index in [1.54, 1.807) is 0 Å². The van der Waals surface area contributed by atoms with Crippen molar-refractivity contribution in [1.29, 1.82) is 0 Å². The molecule has 0 fully saturated rings. The average molecular weight is 385 g/mol. The van der Waals surface area contributed by atoms with E-state index < -0.39 is 38.4 Å². The Balaban J connectivity index is 3.17. The summed E-state index contributed by atoms with van der Waals surface area (Å²) >= 11 is 0. The summed E-state index contributed by atoms with van der Waals surface area (Å²) in [6, 6.07) is 2.94. The molecule has 0 heterocycles. The second kappa shape index (κ2) is 7.21. The number of benzene rings is 1. The molecule has 0 amide bonds. The van der Waals surface area contributed by atoms with Gasteiger partial charge in [0.15, 0.2) is 0 Å². The molecule has 0 aliphatic carbocycles. The molecular weight excluding hydrogens is 366 g/mol. The fourth-order valence-electron chi connectivity index (χ4n) is 1.65. The van der Waals surface area contributed by atoms with Crippen molar-refractivity contribution >= 4 is 20.8 Å². The van der Waals surface area contributed by atoms with E-state index in [9.17, 15) is 21.9 Å². The smallest absolute Gasteiger partial charge is 0.387 e. The molecule has 0 aliphatic heterocycles. The normalized spacial score (nSPS) is 14.2. The van der Waals surface area contributed by atoms with Crippen LogP contribution in [0.5, 0.6) is 11.5 Å². The maximum absolute atomic E-state index is 10.8. The molecule has 1 unspecified atom stereocenters. The van der Waals surface area contributed by atoms with Gasteiger partial charge in [0.1, 0.15) is 11.5 Å². The van der Waals surface area contributed by atoms with Crippen molar-refractivity contribution in [3.8, 4) is 11.5 Å². The molecule has 1 rings (SSSR count). The second-order valence-electron chi connectivity index (χ2n) is 5.91. The molecule has 0 saturated carbocycles. The number of aliphatic hydroxyl groups excluding tert-OH is 1. The molecule has 0 saturated heterocycles. The number of hydrogen-bond acceptors (Lipinski definition) is 8. The van der Waals surface area contributed by atoms with Gasteiger partial charge in [-0.2, -0.15) is 16.8 Å². The van der Waals surface area contributed by atoms with Crippen LogP contribution in [0.15, 0.2) is 18.2 Å². The molecular formula is C12H19NO9S2. The van der Waals surface area contributed by atoms with Crippen LogP contribution < -0.4 is 13.7 Å². The maximum atomic E-state index is 10.8. The molecule has 4 N–H and O–H groups in total. The van der Waals surface area contributed by atoms with Crippen LogP contribution in [-0.2, 0) is 20.8 Å². The lowest BCUT2D eigenvalue weighted by atomic mass is 10.1. The third kappa shape index (κ3) is 8.42. The third-order valence-electron chi connectivity index (χ3n) is 2.52. The first-order valence-corrected chi connectivity index (χ1v) is 9.29. The zero-order chi connectivity index (χ0) is 18.8. The standard InChI is InChI=1S/C12H19NO9S2/c1-12(2,3)13-7-11(14)8-4-9(21-23(15,16)17)6-10(5-8)22-24(18,19)20/h4-6,11,13-14H,7H2,1-3H3,(H,15,16,17)(H,18,19,20). The number of nitrogens with one attached hydrogen (secondary N) is 1. The van der Waals surface area contributed by atoms with Gasteiger partial charge in [-0.3, -0.25) is 9.11 Å². The van der Waals surface area contributed by atoms with Crippen LogP contribution in [0.4, 0.5) is 0 Å². The molecule has 0 aliphatic rings. The molecule has 0 bridgehead atoms. The number of aliphatic hydroxyl groups is 1. The summed E-state index contributed by atoms with van der Waals surface area (Å²) < 4.78 is 69.0. The van der Waals surface area contributed by atoms with Crippen LogP contribution in [-0.4, -0.2) is 43.1 Å². The first-order chi connectivity index (χ1) is 10.6. The summed E-state index contributed by atoms with van der Waals surface area (Å²) in [6.45, 7) is 5.60. The largest absolute Gasteiger partial charge is 0.446 e. The van der Waals surface area contributed by atoms with E-state index in [4.69, 9.17) is 9.11 Å². The third-order valence-corrected chi connectivity index (χ3v) is 3.32. The zero-order valence-corrected chi connectivity index (χ0v) is 14.8. The van der Waals surface area contributed by atoms with Gasteiger partial charge in [0.25, 0.3) is 0 Å². The summed E-state index contributed by atoms with van der Waals surface area (Å²) in [6.07, 6.45) is -1.18. The highest BCUT2D eigenvalue weighted by Crippen LogP contribution is 2.28. The Morgan fingerprint density at radius 2 is 1.42 bits per heavy atom. The predicted molar refractivity (Wildman–Crippen MR) is 83.5 cm³/mol. The lowest BCUT2D eigenvalue weighted by Crippen LogP contribution is -2.38. The Hall–Kier alpha value is -1.44. The number of rotatable bonds is 7. The SMILES string of the molecule is CC(C)(C)NCC(O)c1cc(OS(=O)(=O)O)cc(OS(=O)(=O)O)c1. The van der Waals surface area contributed by atoms with Gasteiger partial charge in [0.2, 0.25) is 0 Å². The predicted octanol–water partition coefficient (Wildman–Crippen LogP) is 0.471. The van der Waals surface area contributed by atoms with Crippen molar-refractivity contribution in [3.63, 3.8) is 0 Å². The molecule has 12 heteroatoms. The topological polar surface area (TPSA) is 159 Å². The quantitative estimate of drug-likeness (QED) is 0.486. The van der Waals surface area contributed by atoms with Crippen molar-refractivity contribution in [1.82, 2.24) is 5.32 Å². The van der Waals surface area contributed by atoms with Crippen LogP contribution in [0.25, 0.3) is 0 Å². The molecule has 1 aromatic carbocycles. The van der Waals surface area contributed by atoms with Crippen LogP contribution in [0.2, 0.25) is 0 Å². The van der Waals surface area contributed by atoms with E-state index in [2.05, 4.69) is 13.7 Å². The average Bonchev–Trinajstić information content (AvgIpc) is 2.30. The van der Waals surface area contributed by atoms with Crippen LogP contribution >= 0.6 is 0 Å². The van der Waals surface area contributed by atoms with E-state index in [1.165, 1.54) is 0 Å². The van der Waals surface area contributed by atoms with Crippen molar-refractivity contribution in [2.75, 3.05) is 6.54 Å². The van der Waals surface area contributed by atoms with E-state index >= 15 is 0 Å². The molecule has 1 atom stereocenters. The van der Waals surface area contributed by atoms with Gasteiger partial charge in [0, 0.05) is 18.2 Å². The van der Waals surface area contributed by atoms with Crippen molar-refractivity contribution in [3.05, 3.63) is 23.8 Å². The van der Waals surface area contributed by atoms with Crippen LogP contribution in [0.1, 0.15) is 32.4 Å². The summed E-state index contributed by atoms with van der Waals surface area (Å²) in [4.78, 5) is 0. The zero-order valence-electron chi connectivity index (χ0n) is 13.1. The molecule has 0 radical (unpaired) electrons. The van der Waals surface area contributed by atoms with Gasteiger partial charge in [-0.15, -0.1) is 0 Å². The molecule has 24 heavy (non-hydrogen) atoms. The Morgan fingerprint density at radius 1 is 1.00 bits per heavy atom. The van der Waals surface area contributed by atoms with Gasteiger partial charge >= 0.3 is 20.8 Å². The minimum Gasteiger partial charge on any atom is -0.387 e. The highest BCUT2D eigenvalue weighted by molar-refractivity contribution is 7.81. The molecule has 10 nitrogen and oxygen atoms in total. The lowest BCUT2D eigenvalue weighted by molar-refractivity contribution is 0.163. The molecule has 0 spiro atoms. The van der Waals surface area contributed by atoms with E-state index in [1.807, 2.05) is 20.8 Å². The van der Waals surface area contributed by atoms with Crippen LogP contribution in [0.3, 0.4) is 0 Å². The Labute approximate surface area is 140 Å². The van der Waals surface area contributed by atoms with Gasteiger partial charge in [0.05, 0.1) is 6.10 Å². The Morgan fingerprint density at radius 3 is 1.75 bits per heavy atom. The minimum absolute atomic E-state index is 0.0338. The number of hydrogen-bond donors (Lipinski definition) is 4. The van der Waals surface area contributed by atoms with E-state index in [0.717, 1.165) is 18.2 Å². The van der Waals surface area contributed by atoms with Crippen LogP contribution in [0, 0.1) is 0 Å². The van der Waals surface area contributed by atoms with Gasteiger partial charge < -0.3 is 18.8 Å². The maximum Gasteiger partial charge on any atom is 0.446 e. The number of β-amino-alcohol motifs (C(OH)–C–C–N with tert-alkyl or cyclic N) is 1. The molecule has 138 valence electrons. The minimum atomic E-state index is -4.88. The first-order valence-electron chi connectivity index (χ1n) is 6.56.